The summed E-state index contributed by atoms with van der Waals surface area (Å²) in [6.07, 6.45) is 0. The molecule has 0 radical (unpaired) electrons. The Balaban J connectivity index is 0.000000187. The number of rotatable bonds is 0. The average molecular weight is 240 g/mol. The van der Waals surface area contributed by atoms with Gasteiger partial charge >= 0.3 is 37.9 Å². The van der Waals surface area contributed by atoms with Crippen LogP contribution in [0.5, 0.6) is 0 Å². The van der Waals surface area contributed by atoms with Crippen molar-refractivity contribution in [2.75, 3.05) is 0 Å². The Kier molecular flexibility index (Phi) is 9.34. The summed E-state index contributed by atoms with van der Waals surface area (Å²) in [5.74, 6) is 0. The predicted octanol–water partition coefficient (Wildman–Crippen LogP) is 3.06. The second kappa shape index (κ2) is 8.68. The van der Waals surface area contributed by atoms with E-state index >= 15 is 0 Å². The van der Waals surface area contributed by atoms with Gasteiger partial charge in [-0.2, -0.15) is 0 Å². The van der Waals surface area contributed by atoms with E-state index in [1.807, 2.05) is 36.4 Å². The van der Waals surface area contributed by atoms with Crippen molar-refractivity contribution < 1.29 is 20.8 Å². The molecule has 1 aromatic rings. The first-order valence-corrected chi connectivity index (χ1v) is 8.71. The molecule has 0 aliphatic carbocycles. The fourth-order valence-corrected chi connectivity index (χ4v) is 0.385. The molecule has 0 spiro atoms. The SMILES string of the molecule is [Cl][Zr][Cl].c1ccccc1. The molecule has 0 nitrogen and oxygen atoms in total. The van der Waals surface area contributed by atoms with Crippen LogP contribution in [0, 0.1) is 0 Å². The van der Waals surface area contributed by atoms with Crippen LogP contribution in [-0.4, -0.2) is 0 Å². The van der Waals surface area contributed by atoms with Crippen molar-refractivity contribution in [1.82, 2.24) is 0 Å². The molecule has 1 rings (SSSR count). The summed E-state index contributed by atoms with van der Waals surface area (Å²) in [7, 11) is 9.87. The van der Waals surface area contributed by atoms with Gasteiger partial charge in [-0.1, -0.05) is 36.4 Å². The van der Waals surface area contributed by atoms with E-state index in [0.717, 1.165) is 0 Å². The van der Waals surface area contributed by atoms with Crippen LogP contribution >= 0.6 is 17.0 Å². The summed E-state index contributed by atoms with van der Waals surface area (Å²) < 4.78 is 0. The summed E-state index contributed by atoms with van der Waals surface area (Å²) in [4.78, 5) is 0. The van der Waals surface area contributed by atoms with Gasteiger partial charge in [0.2, 0.25) is 0 Å². The van der Waals surface area contributed by atoms with Gasteiger partial charge in [-0.15, -0.1) is 0 Å². The van der Waals surface area contributed by atoms with Gasteiger partial charge < -0.3 is 0 Å². The molecule has 9 heavy (non-hydrogen) atoms. The number of hydrogen-bond donors (Lipinski definition) is 0. The molecule has 0 aromatic heterocycles. The molecule has 0 fully saturated rings. The summed E-state index contributed by atoms with van der Waals surface area (Å²) in [6, 6.07) is 12.0. The van der Waals surface area contributed by atoms with Gasteiger partial charge in [0.25, 0.3) is 0 Å². The molecular weight excluding hydrogens is 234 g/mol. The largest absolute Gasteiger partial charge is 0.0623 e. The van der Waals surface area contributed by atoms with Crippen molar-refractivity contribution in [3.05, 3.63) is 36.4 Å². The van der Waals surface area contributed by atoms with Crippen molar-refractivity contribution in [3.8, 4) is 0 Å². The standard InChI is InChI=1S/C6H6.2ClH.Zr/c1-2-4-6-5-3-1;;;/h1-6H;2*1H;/q;;;+2/p-2. The van der Waals surface area contributed by atoms with Crippen molar-refractivity contribution in [3.63, 3.8) is 0 Å². The fraction of sp³-hybridized carbons (Fsp3) is 0. The van der Waals surface area contributed by atoms with Gasteiger partial charge in [0, 0.05) is 0 Å². The monoisotopic (exact) mass is 238 g/mol. The van der Waals surface area contributed by atoms with Crippen LogP contribution in [0.15, 0.2) is 36.4 Å². The average Bonchev–Trinajstić information content (AvgIpc) is 1.93. The van der Waals surface area contributed by atoms with Crippen LogP contribution in [0.3, 0.4) is 0 Å². The van der Waals surface area contributed by atoms with Gasteiger partial charge in [-0.25, -0.2) is 0 Å². The molecule has 0 saturated carbocycles. The van der Waals surface area contributed by atoms with Gasteiger partial charge in [-0.3, -0.25) is 0 Å². The predicted molar refractivity (Wildman–Crippen MR) is 38.1 cm³/mol. The van der Waals surface area contributed by atoms with Gasteiger partial charge in [0.15, 0.2) is 0 Å². The number of halogens is 2. The zero-order valence-corrected chi connectivity index (χ0v) is 8.69. The minimum atomic E-state index is -0.826. The van der Waals surface area contributed by atoms with Crippen LogP contribution in [0.1, 0.15) is 0 Å². The van der Waals surface area contributed by atoms with E-state index in [2.05, 4.69) is 0 Å². The van der Waals surface area contributed by atoms with E-state index in [1.54, 1.807) is 0 Å². The van der Waals surface area contributed by atoms with E-state index in [-0.39, 0.29) is 0 Å². The molecule has 0 atom stereocenters. The minimum Gasteiger partial charge on any atom is -0.0623 e. The summed E-state index contributed by atoms with van der Waals surface area (Å²) >= 11 is -0.826. The van der Waals surface area contributed by atoms with Crippen LogP contribution < -0.4 is 0 Å². The maximum atomic E-state index is 4.93. The molecule has 48 valence electrons. The molecule has 0 amide bonds. The molecule has 0 N–H and O–H groups in total. The zero-order valence-electron chi connectivity index (χ0n) is 4.72. The minimum absolute atomic E-state index is 0.826. The molecule has 0 aliphatic heterocycles. The van der Waals surface area contributed by atoms with Crippen LogP contribution in [0.25, 0.3) is 0 Å². The van der Waals surface area contributed by atoms with E-state index in [1.165, 1.54) is 0 Å². The second-order valence-electron chi connectivity index (χ2n) is 1.23. The Morgan fingerprint density at radius 1 is 0.667 bits per heavy atom. The van der Waals surface area contributed by atoms with Crippen LogP contribution in [0.4, 0.5) is 0 Å². The molecule has 0 heterocycles. The fourth-order valence-electron chi connectivity index (χ4n) is 0.385. The van der Waals surface area contributed by atoms with Crippen molar-refractivity contribution >= 4 is 17.0 Å². The molecule has 0 unspecified atom stereocenters. The summed E-state index contributed by atoms with van der Waals surface area (Å²) in [6.45, 7) is 0. The maximum absolute atomic E-state index is 4.93. The third-order valence-corrected chi connectivity index (χ3v) is 0.667. The number of hydrogen-bond acceptors (Lipinski definition) is 0. The first-order valence-electron chi connectivity index (χ1n) is 2.38. The quantitative estimate of drug-likeness (QED) is 0.653. The molecule has 0 bridgehead atoms. The molecule has 1 aromatic carbocycles. The van der Waals surface area contributed by atoms with Gasteiger partial charge in [0.05, 0.1) is 0 Å². The Bertz CT molecular complexity index is 93.9. The third-order valence-electron chi connectivity index (χ3n) is 0.667. The molecule has 0 aliphatic rings. The van der Waals surface area contributed by atoms with Gasteiger partial charge in [0.1, 0.15) is 0 Å². The van der Waals surface area contributed by atoms with E-state index in [4.69, 9.17) is 17.0 Å². The molecular formula is C6H6Cl2Zr. The zero-order chi connectivity index (χ0) is 6.95. The Hall–Kier alpha value is 0.683. The van der Waals surface area contributed by atoms with Gasteiger partial charge in [-0.05, 0) is 0 Å². The third kappa shape index (κ3) is 8.68. The summed E-state index contributed by atoms with van der Waals surface area (Å²) in [5, 5.41) is 0. The normalized spacial score (nSPS) is 6.89. The Labute approximate surface area is 73.8 Å². The maximum Gasteiger partial charge on any atom is -0.0623 e. The van der Waals surface area contributed by atoms with E-state index in [9.17, 15) is 0 Å². The first-order chi connectivity index (χ1) is 4.41. The Morgan fingerprint density at radius 3 is 0.889 bits per heavy atom. The summed E-state index contributed by atoms with van der Waals surface area (Å²) in [5.41, 5.74) is 0. The molecule has 0 saturated heterocycles. The van der Waals surface area contributed by atoms with Crippen molar-refractivity contribution in [1.29, 1.82) is 0 Å². The van der Waals surface area contributed by atoms with Crippen LogP contribution in [0.2, 0.25) is 0 Å². The topological polar surface area (TPSA) is 0 Å². The second-order valence-corrected chi connectivity index (χ2v) is 4.96. The van der Waals surface area contributed by atoms with E-state index in [0.29, 0.717) is 0 Å². The van der Waals surface area contributed by atoms with Crippen molar-refractivity contribution in [2.45, 2.75) is 0 Å². The smallest absolute Gasteiger partial charge is 0.0623 e. The van der Waals surface area contributed by atoms with Crippen LogP contribution in [-0.2, 0) is 20.8 Å². The molecule has 3 heteroatoms. The van der Waals surface area contributed by atoms with Crippen molar-refractivity contribution in [2.24, 2.45) is 0 Å². The number of benzene rings is 1. The first kappa shape index (κ1) is 9.68. The van der Waals surface area contributed by atoms with E-state index < -0.39 is 20.8 Å². The Morgan fingerprint density at radius 2 is 0.778 bits per heavy atom.